The molecule has 210 valence electrons. The highest BCUT2D eigenvalue weighted by molar-refractivity contribution is 7.92. The number of benzene rings is 2. The summed E-state index contributed by atoms with van der Waals surface area (Å²) in [6, 6.07) is 7.46. The molecule has 1 heterocycles. The summed E-state index contributed by atoms with van der Waals surface area (Å²) in [6.07, 6.45) is 1.45. The molecule has 3 rings (SSSR count). The zero-order valence-electron chi connectivity index (χ0n) is 22.5. The van der Waals surface area contributed by atoms with Gasteiger partial charge in [-0.2, -0.15) is 0 Å². The molecule has 0 bridgehead atoms. The number of aryl methyl sites for hydroxylation is 1. The van der Waals surface area contributed by atoms with E-state index in [0.29, 0.717) is 11.1 Å². The Labute approximate surface area is 229 Å². The fraction of sp³-hybridized carbons (Fsp3) is 0.333. The lowest BCUT2D eigenvalue weighted by Crippen LogP contribution is -2.41. The Kier molecular flexibility index (Phi) is 9.06. The quantitative estimate of drug-likeness (QED) is 0.286. The topological polar surface area (TPSA) is 120 Å². The van der Waals surface area contributed by atoms with Gasteiger partial charge in [0, 0.05) is 47.4 Å². The van der Waals surface area contributed by atoms with Gasteiger partial charge in [-0.25, -0.2) is 17.2 Å². The van der Waals surface area contributed by atoms with Gasteiger partial charge in [0.15, 0.2) is 5.78 Å². The lowest BCUT2D eigenvalue weighted by molar-refractivity contribution is 0.103. The summed E-state index contributed by atoms with van der Waals surface area (Å²) in [4.78, 5) is 26.2. The van der Waals surface area contributed by atoms with Crippen LogP contribution in [-0.2, 0) is 28.4 Å². The number of rotatable bonds is 9. The van der Waals surface area contributed by atoms with Crippen LogP contribution in [0.4, 0.5) is 14.5 Å². The van der Waals surface area contributed by atoms with Gasteiger partial charge in [0.2, 0.25) is 10.0 Å². The molecular formula is C27H31F2N3O5S2. The first-order valence-corrected chi connectivity index (χ1v) is 14.9. The minimum Gasteiger partial charge on any atom is -0.598 e. The van der Waals surface area contributed by atoms with Gasteiger partial charge in [0.25, 0.3) is 5.56 Å². The summed E-state index contributed by atoms with van der Waals surface area (Å²) in [7, 11) is -2.39. The van der Waals surface area contributed by atoms with E-state index in [9.17, 15) is 27.0 Å². The van der Waals surface area contributed by atoms with E-state index in [-0.39, 0.29) is 33.7 Å². The van der Waals surface area contributed by atoms with Crippen LogP contribution < -0.4 is 15.0 Å². The molecule has 0 aliphatic heterocycles. The van der Waals surface area contributed by atoms with Crippen LogP contribution >= 0.6 is 0 Å². The second-order valence-electron chi connectivity index (χ2n) is 10.0. The highest BCUT2D eigenvalue weighted by Crippen LogP contribution is 2.35. The van der Waals surface area contributed by atoms with Crippen molar-refractivity contribution in [1.82, 2.24) is 9.29 Å². The third-order valence-corrected chi connectivity index (χ3v) is 8.93. The molecule has 0 saturated carbocycles. The van der Waals surface area contributed by atoms with Crippen molar-refractivity contribution < 1.29 is 26.5 Å². The highest BCUT2D eigenvalue weighted by atomic mass is 32.2. The number of nitrogens with zero attached hydrogens (tertiary/aromatic N) is 1. The van der Waals surface area contributed by atoms with Gasteiger partial charge in [-0.1, -0.05) is 0 Å². The molecule has 12 heteroatoms. The van der Waals surface area contributed by atoms with E-state index in [1.165, 1.54) is 49.0 Å². The molecule has 2 N–H and O–H groups in total. The van der Waals surface area contributed by atoms with E-state index >= 15 is 4.39 Å². The normalized spacial score (nSPS) is 13.7. The maximum atomic E-state index is 15.2. The molecule has 39 heavy (non-hydrogen) atoms. The Morgan fingerprint density at radius 1 is 1.10 bits per heavy atom. The van der Waals surface area contributed by atoms with Crippen molar-refractivity contribution in [2.75, 3.05) is 10.5 Å². The minimum absolute atomic E-state index is 0.0744. The van der Waals surface area contributed by atoms with Crippen molar-refractivity contribution in [1.29, 1.82) is 0 Å². The summed E-state index contributed by atoms with van der Waals surface area (Å²) < 4.78 is 71.9. The van der Waals surface area contributed by atoms with Gasteiger partial charge in [-0.05, 0) is 82.1 Å². The van der Waals surface area contributed by atoms with Crippen LogP contribution in [0.15, 0.2) is 53.5 Å². The molecule has 0 aliphatic rings. The molecule has 0 spiro atoms. The Bertz CT molecular complexity index is 1550. The third kappa shape index (κ3) is 7.13. The van der Waals surface area contributed by atoms with Crippen LogP contribution in [0, 0.1) is 11.6 Å². The molecular weight excluding hydrogens is 548 g/mol. The van der Waals surface area contributed by atoms with E-state index in [0.717, 1.165) is 18.2 Å². The first-order chi connectivity index (χ1) is 18.0. The van der Waals surface area contributed by atoms with E-state index in [4.69, 9.17) is 0 Å². The number of anilines is 1. The molecule has 1 aromatic heterocycles. The lowest BCUT2D eigenvalue weighted by Gasteiger charge is -2.27. The molecule has 2 atom stereocenters. The molecule has 0 amide bonds. The predicted octanol–water partition coefficient (Wildman–Crippen LogP) is 4.44. The average molecular weight is 580 g/mol. The number of carbonyl (C=O) groups excluding carboxylic acids is 1. The largest absolute Gasteiger partial charge is 0.598 e. The zero-order chi connectivity index (χ0) is 29.3. The second-order valence-corrected chi connectivity index (χ2v) is 14.0. The predicted molar refractivity (Wildman–Crippen MR) is 149 cm³/mol. The lowest BCUT2D eigenvalue weighted by atomic mass is 9.90. The highest BCUT2D eigenvalue weighted by Gasteiger charge is 2.30. The van der Waals surface area contributed by atoms with Crippen LogP contribution in [-0.4, -0.2) is 33.8 Å². The average Bonchev–Trinajstić information content (AvgIpc) is 2.85. The van der Waals surface area contributed by atoms with Crippen molar-refractivity contribution in [2.45, 2.75) is 45.4 Å². The van der Waals surface area contributed by atoms with Crippen molar-refractivity contribution in [3.05, 3.63) is 87.3 Å². The van der Waals surface area contributed by atoms with Crippen molar-refractivity contribution >= 4 is 32.9 Å². The molecule has 0 radical (unpaired) electrons. The van der Waals surface area contributed by atoms with Crippen LogP contribution in [0.25, 0.3) is 11.1 Å². The minimum atomic E-state index is -3.88. The molecule has 0 fully saturated rings. The van der Waals surface area contributed by atoms with E-state index < -0.39 is 49.6 Å². The molecule has 0 aliphatic carbocycles. The Morgan fingerprint density at radius 2 is 1.72 bits per heavy atom. The number of ketones is 1. The van der Waals surface area contributed by atoms with Crippen molar-refractivity contribution in [2.24, 2.45) is 7.05 Å². The van der Waals surface area contributed by atoms with Crippen molar-refractivity contribution in [3.8, 4) is 11.1 Å². The van der Waals surface area contributed by atoms with Crippen LogP contribution in [0.3, 0.4) is 0 Å². The maximum absolute atomic E-state index is 15.2. The van der Waals surface area contributed by atoms with Gasteiger partial charge in [0.1, 0.15) is 16.4 Å². The molecule has 0 saturated heterocycles. The first-order valence-electron chi connectivity index (χ1n) is 12.1. The number of carbonyl (C=O) groups is 1. The second kappa shape index (κ2) is 11.6. The van der Waals surface area contributed by atoms with E-state index in [1.54, 1.807) is 27.7 Å². The number of sulfonamides is 1. The Balaban J connectivity index is 2.32. The van der Waals surface area contributed by atoms with Crippen LogP contribution in [0.5, 0.6) is 0 Å². The van der Waals surface area contributed by atoms with Crippen molar-refractivity contribution in [3.63, 3.8) is 0 Å². The number of nitrogens with one attached hydrogen (secondary N) is 2. The molecule has 1 unspecified atom stereocenters. The number of hydrogen-bond donors (Lipinski definition) is 2. The number of halogens is 2. The third-order valence-electron chi connectivity index (χ3n) is 5.96. The number of aromatic nitrogens is 1. The van der Waals surface area contributed by atoms with Gasteiger partial charge < -0.3 is 9.12 Å². The Morgan fingerprint density at radius 3 is 2.28 bits per heavy atom. The van der Waals surface area contributed by atoms with Gasteiger partial charge in [0.05, 0.1) is 17.5 Å². The standard InChI is InChI=1S/C27H31F2N3O5S2/c1-7-39(36,37)31-24-13-20(21(12-23(24)29)26(34)17-8-10-18(28)11-9-17)22-15-32(6)25(33)14-19(22)16(2)30-38(35)27(3,4)5/h8-16,30-31H,7H2,1-6H3/t16-,38?/m0/s1. The maximum Gasteiger partial charge on any atom is 0.250 e. The smallest absolute Gasteiger partial charge is 0.250 e. The fourth-order valence-electron chi connectivity index (χ4n) is 3.69. The van der Waals surface area contributed by atoms with Gasteiger partial charge >= 0.3 is 0 Å². The summed E-state index contributed by atoms with van der Waals surface area (Å²) >= 11 is -1.53. The summed E-state index contributed by atoms with van der Waals surface area (Å²) in [5, 5.41) is 0. The molecule has 3 aromatic rings. The Hall–Kier alpha value is -3.06. The van der Waals surface area contributed by atoms with Gasteiger partial charge in [-0.3, -0.25) is 14.3 Å². The van der Waals surface area contributed by atoms with E-state index in [2.05, 4.69) is 9.44 Å². The fourth-order valence-corrected chi connectivity index (χ4v) is 5.12. The molecule has 8 nitrogen and oxygen atoms in total. The SMILES string of the molecule is CCS(=O)(=O)Nc1cc(-c2cn(C)c(=O)cc2[C@H](C)N[S+]([O-])C(C)(C)C)c(C(=O)c2ccc(F)cc2)cc1F. The molecule has 2 aromatic carbocycles. The summed E-state index contributed by atoms with van der Waals surface area (Å²) in [5.74, 6) is -2.52. The van der Waals surface area contributed by atoms with Crippen LogP contribution in [0.2, 0.25) is 0 Å². The summed E-state index contributed by atoms with van der Waals surface area (Å²) in [6.45, 7) is 8.41. The summed E-state index contributed by atoms with van der Waals surface area (Å²) in [5.41, 5.74) is -0.0380. The van der Waals surface area contributed by atoms with Crippen LogP contribution in [0.1, 0.15) is 62.1 Å². The monoisotopic (exact) mass is 579 g/mol. The number of hydrogen-bond acceptors (Lipinski definition) is 6. The number of pyridine rings is 1. The van der Waals surface area contributed by atoms with Gasteiger partial charge in [-0.15, -0.1) is 4.72 Å². The first kappa shape index (κ1) is 30.5. The van der Waals surface area contributed by atoms with E-state index in [1.807, 2.05) is 0 Å². The zero-order valence-corrected chi connectivity index (χ0v) is 24.1.